The fourth-order valence-electron chi connectivity index (χ4n) is 2.76. The Morgan fingerprint density at radius 3 is 2.67 bits per heavy atom. The van der Waals surface area contributed by atoms with E-state index in [-0.39, 0.29) is 5.60 Å². The van der Waals surface area contributed by atoms with Crippen molar-refractivity contribution in [2.24, 2.45) is 4.99 Å². The SMILES string of the molecule is CCNC(=NCc1cccc(COC2CCOCC2)c1)NCC(C)(C)OC. The van der Waals surface area contributed by atoms with Gasteiger partial charge in [0, 0.05) is 33.4 Å². The van der Waals surface area contributed by atoms with Crippen molar-refractivity contribution in [1.29, 1.82) is 0 Å². The Labute approximate surface area is 163 Å². The Morgan fingerprint density at radius 2 is 1.96 bits per heavy atom. The third-order valence-corrected chi connectivity index (χ3v) is 4.64. The normalized spacial score (nSPS) is 16.4. The molecule has 0 aromatic heterocycles. The molecule has 2 N–H and O–H groups in total. The Balaban J connectivity index is 1.88. The highest BCUT2D eigenvalue weighted by Gasteiger charge is 2.16. The van der Waals surface area contributed by atoms with Crippen molar-refractivity contribution < 1.29 is 14.2 Å². The number of nitrogens with zero attached hydrogens (tertiary/aromatic N) is 1. The van der Waals surface area contributed by atoms with E-state index in [1.54, 1.807) is 7.11 Å². The van der Waals surface area contributed by atoms with E-state index in [1.807, 2.05) is 13.8 Å². The second kappa shape index (κ2) is 11.3. The third kappa shape index (κ3) is 8.28. The van der Waals surface area contributed by atoms with Crippen molar-refractivity contribution in [1.82, 2.24) is 10.6 Å². The highest BCUT2D eigenvalue weighted by molar-refractivity contribution is 5.79. The van der Waals surface area contributed by atoms with Crippen LogP contribution < -0.4 is 10.6 Å². The van der Waals surface area contributed by atoms with E-state index in [4.69, 9.17) is 19.2 Å². The summed E-state index contributed by atoms with van der Waals surface area (Å²) >= 11 is 0. The number of guanidine groups is 1. The Morgan fingerprint density at radius 1 is 1.22 bits per heavy atom. The molecule has 1 fully saturated rings. The summed E-state index contributed by atoms with van der Waals surface area (Å²) in [6, 6.07) is 8.45. The number of nitrogens with one attached hydrogen (secondary N) is 2. The second-order valence-electron chi connectivity index (χ2n) is 7.46. The molecular weight excluding hydrogens is 342 g/mol. The maximum absolute atomic E-state index is 6.02. The van der Waals surface area contributed by atoms with Gasteiger partial charge in [-0.15, -0.1) is 0 Å². The average Bonchev–Trinajstić information content (AvgIpc) is 2.70. The molecule has 1 heterocycles. The van der Waals surface area contributed by atoms with Crippen molar-refractivity contribution in [2.75, 3.05) is 33.4 Å². The van der Waals surface area contributed by atoms with Gasteiger partial charge in [-0.1, -0.05) is 24.3 Å². The minimum absolute atomic E-state index is 0.238. The van der Waals surface area contributed by atoms with Gasteiger partial charge in [0.25, 0.3) is 0 Å². The molecule has 1 aromatic rings. The lowest BCUT2D eigenvalue weighted by molar-refractivity contribution is -0.0390. The van der Waals surface area contributed by atoms with Crippen molar-refractivity contribution in [2.45, 2.75) is 58.5 Å². The van der Waals surface area contributed by atoms with Crippen molar-refractivity contribution in [3.8, 4) is 0 Å². The van der Waals surface area contributed by atoms with Gasteiger partial charge in [0.15, 0.2) is 5.96 Å². The van der Waals surface area contributed by atoms with E-state index >= 15 is 0 Å². The zero-order valence-corrected chi connectivity index (χ0v) is 17.2. The van der Waals surface area contributed by atoms with E-state index in [2.05, 4.69) is 41.8 Å². The molecule has 1 aliphatic heterocycles. The molecule has 0 spiro atoms. The summed E-state index contributed by atoms with van der Waals surface area (Å²) in [5.41, 5.74) is 2.12. The monoisotopic (exact) mass is 377 g/mol. The molecule has 6 heteroatoms. The zero-order valence-electron chi connectivity index (χ0n) is 17.2. The molecule has 0 aliphatic carbocycles. The van der Waals surface area contributed by atoms with Crippen LogP contribution in [0.4, 0.5) is 0 Å². The molecule has 1 aliphatic rings. The smallest absolute Gasteiger partial charge is 0.191 e. The molecule has 1 saturated heterocycles. The first-order valence-corrected chi connectivity index (χ1v) is 9.87. The third-order valence-electron chi connectivity index (χ3n) is 4.64. The summed E-state index contributed by atoms with van der Waals surface area (Å²) < 4.78 is 16.9. The van der Waals surface area contributed by atoms with Crippen molar-refractivity contribution in [3.05, 3.63) is 35.4 Å². The summed E-state index contributed by atoms with van der Waals surface area (Å²) in [6.07, 6.45) is 2.29. The molecule has 2 rings (SSSR count). The van der Waals surface area contributed by atoms with Gasteiger partial charge in [0.2, 0.25) is 0 Å². The first kappa shape index (κ1) is 21.7. The van der Waals surface area contributed by atoms with E-state index in [9.17, 15) is 0 Å². The summed E-state index contributed by atoms with van der Waals surface area (Å²) in [4.78, 5) is 4.69. The number of rotatable bonds is 9. The van der Waals surface area contributed by atoms with Gasteiger partial charge in [-0.25, -0.2) is 4.99 Å². The Bertz CT molecular complexity index is 584. The molecule has 152 valence electrons. The van der Waals surface area contributed by atoms with Crippen LogP contribution in [0.15, 0.2) is 29.3 Å². The lowest BCUT2D eigenvalue weighted by Crippen LogP contribution is -2.45. The second-order valence-corrected chi connectivity index (χ2v) is 7.46. The molecule has 27 heavy (non-hydrogen) atoms. The number of benzene rings is 1. The van der Waals surface area contributed by atoms with Crippen LogP contribution in [-0.4, -0.2) is 51.1 Å². The summed E-state index contributed by atoms with van der Waals surface area (Å²) in [7, 11) is 1.72. The maximum Gasteiger partial charge on any atom is 0.191 e. The van der Waals surface area contributed by atoms with Crippen molar-refractivity contribution >= 4 is 5.96 Å². The molecule has 0 atom stereocenters. The molecule has 0 bridgehead atoms. The minimum atomic E-state index is -0.238. The maximum atomic E-state index is 6.02. The summed E-state index contributed by atoms with van der Waals surface area (Å²) in [6.45, 7) is 10.5. The first-order chi connectivity index (χ1) is 13.0. The predicted molar refractivity (Wildman–Crippen MR) is 109 cm³/mol. The van der Waals surface area contributed by atoms with E-state index in [0.717, 1.165) is 38.6 Å². The molecule has 6 nitrogen and oxygen atoms in total. The van der Waals surface area contributed by atoms with E-state index in [0.29, 0.717) is 25.8 Å². The summed E-state index contributed by atoms with van der Waals surface area (Å²) in [5.74, 6) is 0.798. The van der Waals surface area contributed by atoms with Gasteiger partial charge in [-0.05, 0) is 44.7 Å². The zero-order chi connectivity index (χ0) is 19.5. The average molecular weight is 378 g/mol. The van der Waals surface area contributed by atoms with Crippen LogP contribution in [-0.2, 0) is 27.4 Å². The molecule has 0 saturated carbocycles. The molecule has 0 unspecified atom stereocenters. The molecule has 1 aromatic carbocycles. The fourth-order valence-corrected chi connectivity index (χ4v) is 2.76. The number of ether oxygens (including phenoxy) is 3. The van der Waals surface area contributed by atoms with Crippen LogP contribution >= 0.6 is 0 Å². The van der Waals surface area contributed by atoms with Crippen LogP contribution in [0, 0.1) is 0 Å². The van der Waals surface area contributed by atoms with E-state index in [1.165, 1.54) is 11.1 Å². The quantitative estimate of drug-likeness (QED) is 0.512. The lowest BCUT2D eigenvalue weighted by Gasteiger charge is -2.24. The largest absolute Gasteiger partial charge is 0.381 e. The number of methoxy groups -OCH3 is 1. The van der Waals surface area contributed by atoms with Gasteiger partial charge in [-0.2, -0.15) is 0 Å². The van der Waals surface area contributed by atoms with Crippen LogP contribution in [0.25, 0.3) is 0 Å². The number of hydrogen-bond donors (Lipinski definition) is 2. The highest BCUT2D eigenvalue weighted by Crippen LogP contribution is 2.14. The van der Waals surface area contributed by atoms with Crippen LogP contribution in [0.3, 0.4) is 0 Å². The highest BCUT2D eigenvalue weighted by atomic mass is 16.5. The van der Waals surface area contributed by atoms with Crippen LogP contribution in [0.2, 0.25) is 0 Å². The molecule has 0 amide bonds. The summed E-state index contributed by atoms with van der Waals surface area (Å²) in [5, 5.41) is 6.62. The fraction of sp³-hybridized carbons (Fsp3) is 0.667. The first-order valence-electron chi connectivity index (χ1n) is 9.87. The predicted octanol–water partition coefficient (Wildman–Crippen LogP) is 2.86. The molecule has 0 radical (unpaired) electrons. The number of aliphatic imine (C=N–C) groups is 1. The topological polar surface area (TPSA) is 64.1 Å². The van der Waals surface area contributed by atoms with Gasteiger partial charge >= 0.3 is 0 Å². The van der Waals surface area contributed by atoms with Gasteiger partial charge in [0.1, 0.15) is 0 Å². The van der Waals surface area contributed by atoms with Gasteiger partial charge in [0.05, 0.1) is 24.9 Å². The van der Waals surface area contributed by atoms with Crippen LogP contribution in [0.1, 0.15) is 44.7 Å². The van der Waals surface area contributed by atoms with Gasteiger partial charge in [-0.3, -0.25) is 0 Å². The standard InChI is InChI=1S/C21H35N3O3/c1-5-22-20(24-16-21(2,3)25-4)23-14-17-7-6-8-18(13-17)15-27-19-9-11-26-12-10-19/h6-8,13,19H,5,9-12,14-16H2,1-4H3,(H2,22,23,24). The minimum Gasteiger partial charge on any atom is -0.381 e. The molecular formula is C21H35N3O3. The Kier molecular flexibility index (Phi) is 9.04. The lowest BCUT2D eigenvalue weighted by atomic mass is 10.1. The van der Waals surface area contributed by atoms with E-state index < -0.39 is 0 Å². The Hall–Kier alpha value is -1.63. The van der Waals surface area contributed by atoms with Gasteiger partial charge < -0.3 is 24.8 Å². The number of hydrogen-bond acceptors (Lipinski definition) is 4. The van der Waals surface area contributed by atoms with Crippen molar-refractivity contribution in [3.63, 3.8) is 0 Å². The van der Waals surface area contributed by atoms with Crippen LogP contribution in [0.5, 0.6) is 0 Å².